The Kier molecular flexibility index (Phi) is 5.13. The summed E-state index contributed by atoms with van der Waals surface area (Å²) >= 11 is 0. The van der Waals surface area contributed by atoms with Gasteiger partial charge in [-0.1, -0.05) is 6.92 Å². The van der Waals surface area contributed by atoms with Crippen molar-refractivity contribution in [2.75, 3.05) is 11.5 Å². The number of rotatable bonds is 5. The number of aliphatic carboxylic acids is 1. The lowest BCUT2D eigenvalue weighted by molar-refractivity contribution is -0.138. The predicted molar refractivity (Wildman–Crippen MR) is 65.9 cm³/mol. The number of hydrogen-bond donors (Lipinski definition) is 2. The Bertz CT molecular complexity index is 417. The number of carboxylic acid groups (broad SMARTS) is 1. The van der Waals surface area contributed by atoms with Gasteiger partial charge in [0.2, 0.25) is 5.91 Å². The highest BCUT2D eigenvalue weighted by Gasteiger charge is 2.26. The Labute approximate surface area is 107 Å². The average Bonchev–Trinajstić information content (AvgIpc) is 2.13. The summed E-state index contributed by atoms with van der Waals surface area (Å²) in [7, 11) is -3.03. The zero-order chi connectivity index (χ0) is 13.8. The minimum Gasteiger partial charge on any atom is -0.481 e. The molecule has 2 N–H and O–H groups in total. The van der Waals surface area contributed by atoms with Crippen molar-refractivity contribution in [3.63, 3.8) is 0 Å². The molecule has 0 aliphatic carbocycles. The third-order valence-corrected chi connectivity index (χ3v) is 4.71. The molecular formula is C11H19NO5S. The van der Waals surface area contributed by atoms with Crippen molar-refractivity contribution in [1.29, 1.82) is 0 Å². The van der Waals surface area contributed by atoms with E-state index in [2.05, 4.69) is 5.32 Å². The summed E-state index contributed by atoms with van der Waals surface area (Å²) in [5.74, 6) is -1.27. The van der Waals surface area contributed by atoms with Crippen molar-refractivity contribution in [2.45, 2.75) is 38.6 Å². The average molecular weight is 277 g/mol. The maximum atomic E-state index is 11.6. The van der Waals surface area contributed by atoms with Crippen molar-refractivity contribution in [1.82, 2.24) is 5.32 Å². The van der Waals surface area contributed by atoms with Gasteiger partial charge in [0.15, 0.2) is 9.84 Å². The summed E-state index contributed by atoms with van der Waals surface area (Å²) in [6, 6.07) is -0.326. The molecule has 0 bridgehead atoms. The van der Waals surface area contributed by atoms with Gasteiger partial charge >= 0.3 is 5.97 Å². The zero-order valence-corrected chi connectivity index (χ0v) is 11.2. The first-order valence-corrected chi connectivity index (χ1v) is 7.82. The van der Waals surface area contributed by atoms with E-state index in [1.54, 1.807) is 6.92 Å². The van der Waals surface area contributed by atoms with Gasteiger partial charge in [-0.25, -0.2) is 8.42 Å². The van der Waals surface area contributed by atoms with Crippen LogP contribution in [0.1, 0.15) is 32.6 Å². The summed E-state index contributed by atoms with van der Waals surface area (Å²) in [6.45, 7) is 1.69. The summed E-state index contributed by atoms with van der Waals surface area (Å²) in [5, 5.41) is 11.2. The molecule has 0 radical (unpaired) electrons. The second-order valence-corrected chi connectivity index (χ2v) is 7.16. The van der Waals surface area contributed by atoms with Gasteiger partial charge in [0.05, 0.1) is 11.5 Å². The van der Waals surface area contributed by atoms with Crippen LogP contribution in [0.2, 0.25) is 0 Å². The largest absolute Gasteiger partial charge is 0.481 e. The molecule has 0 saturated carbocycles. The molecular weight excluding hydrogens is 258 g/mol. The molecule has 1 fully saturated rings. The quantitative estimate of drug-likeness (QED) is 0.746. The van der Waals surface area contributed by atoms with E-state index in [1.807, 2.05) is 0 Å². The number of nitrogens with one attached hydrogen (secondary N) is 1. The van der Waals surface area contributed by atoms with Gasteiger partial charge in [0, 0.05) is 18.9 Å². The third-order valence-electron chi connectivity index (χ3n) is 2.89. The maximum absolute atomic E-state index is 11.6. The van der Waals surface area contributed by atoms with Crippen molar-refractivity contribution in [2.24, 2.45) is 5.92 Å². The maximum Gasteiger partial charge on any atom is 0.303 e. The Morgan fingerprint density at radius 1 is 1.39 bits per heavy atom. The molecule has 1 heterocycles. The molecule has 2 unspecified atom stereocenters. The number of sulfone groups is 1. The van der Waals surface area contributed by atoms with Gasteiger partial charge < -0.3 is 10.4 Å². The molecule has 1 aliphatic heterocycles. The van der Waals surface area contributed by atoms with Gasteiger partial charge in [-0.15, -0.1) is 0 Å². The number of carbonyl (C=O) groups is 2. The summed E-state index contributed by atoms with van der Waals surface area (Å²) in [4.78, 5) is 22.1. The first-order valence-electron chi connectivity index (χ1n) is 6.00. The minimum absolute atomic E-state index is 0.00789. The molecule has 7 heteroatoms. The molecule has 0 aromatic rings. The molecule has 1 amide bonds. The van der Waals surface area contributed by atoms with Crippen LogP contribution in [0.3, 0.4) is 0 Å². The van der Waals surface area contributed by atoms with Crippen LogP contribution in [-0.2, 0) is 19.4 Å². The van der Waals surface area contributed by atoms with Crippen molar-refractivity contribution in [3.05, 3.63) is 0 Å². The smallest absolute Gasteiger partial charge is 0.303 e. The molecule has 0 spiro atoms. The second-order valence-electron chi connectivity index (χ2n) is 4.93. The molecule has 1 rings (SSSR count). The molecule has 0 aromatic carbocycles. The summed E-state index contributed by atoms with van der Waals surface area (Å²) in [6.07, 6.45) is 1.29. The molecule has 1 saturated heterocycles. The highest BCUT2D eigenvalue weighted by atomic mass is 32.2. The van der Waals surface area contributed by atoms with E-state index < -0.39 is 15.8 Å². The molecule has 104 valence electrons. The molecule has 1 aliphatic rings. The molecule has 0 aromatic heterocycles. The van der Waals surface area contributed by atoms with Crippen LogP contribution in [-0.4, -0.2) is 42.9 Å². The first kappa shape index (κ1) is 14.9. The van der Waals surface area contributed by atoms with Crippen LogP contribution in [0.25, 0.3) is 0 Å². The predicted octanol–water partition coefficient (Wildman–Crippen LogP) is 0.181. The van der Waals surface area contributed by atoms with E-state index in [0.29, 0.717) is 12.8 Å². The lowest BCUT2D eigenvalue weighted by Gasteiger charge is -2.23. The highest BCUT2D eigenvalue weighted by molar-refractivity contribution is 7.91. The van der Waals surface area contributed by atoms with Crippen LogP contribution in [0.5, 0.6) is 0 Å². The van der Waals surface area contributed by atoms with Crippen LogP contribution in [0, 0.1) is 5.92 Å². The van der Waals surface area contributed by atoms with Crippen LogP contribution >= 0.6 is 0 Å². The van der Waals surface area contributed by atoms with E-state index >= 15 is 0 Å². The highest BCUT2D eigenvalue weighted by Crippen LogP contribution is 2.13. The van der Waals surface area contributed by atoms with E-state index in [1.165, 1.54) is 0 Å². The topological polar surface area (TPSA) is 101 Å². The lowest BCUT2D eigenvalue weighted by atomic mass is 10.0. The van der Waals surface area contributed by atoms with E-state index in [4.69, 9.17) is 5.11 Å². The number of carboxylic acids is 1. The lowest BCUT2D eigenvalue weighted by Crippen LogP contribution is -2.43. The van der Waals surface area contributed by atoms with E-state index in [0.717, 1.165) is 0 Å². The molecule has 2 atom stereocenters. The monoisotopic (exact) mass is 277 g/mol. The Morgan fingerprint density at radius 2 is 2.06 bits per heavy atom. The number of hydrogen-bond acceptors (Lipinski definition) is 4. The molecule has 6 nitrogen and oxygen atoms in total. The fourth-order valence-electron chi connectivity index (χ4n) is 2.11. The van der Waals surface area contributed by atoms with E-state index in [9.17, 15) is 18.0 Å². The number of amides is 1. The first-order chi connectivity index (χ1) is 8.28. The normalized spacial score (nSPS) is 24.2. The van der Waals surface area contributed by atoms with Crippen LogP contribution in [0.15, 0.2) is 0 Å². The van der Waals surface area contributed by atoms with Crippen molar-refractivity contribution >= 4 is 21.7 Å². The van der Waals surface area contributed by atoms with Crippen molar-refractivity contribution < 1.29 is 23.1 Å². The number of carbonyl (C=O) groups excluding carboxylic acids is 1. The van der Waals surface area contributed by atoms with Gasteiger partial charge in [0.1, 0.15) is 0 Å². The van der Waals surface area contributed by atoms with Gasteiger partial charge in [-0.05, 0) is 18.8 Å². The van der Waals surface area contributed by atoms with Crippen LogP contribution < -0.4 is 5.32 Å². The van der Waals surface area contributed by atoms with Gasteiger partial charge in [0.25, 0.3) is 0 Å². The summed E-state index contributed by atoms with van der Waals surface area (Å²) < 4.78 is 22.8. The minimum atomic E-state index is -3.03. The summed E-state index contributed by atoms with van der Waals surface area (Å²) in [5.41, 5.74) is 0. The van der Waals surface area contributed by atoms with Crippen molar-refractivity contribution in [3.8, 4) is 0 Å². The zero-order valence-electron chi connectivity index (χ0n) is 10.4. The van der Waals surface area contributed by atoms with Gasteiger partial charge in [-0.3, -0.25) is 9.59 Å². The molecule has 18 heavy (non-hydrogen) atoms. The van der Waals surface area contributed by atoms with Gasteiger partial charge in [-0.2, -0.15) is 0 Å². The fraction of sp³-hybridized carbons (Fsp3) is 0.818. The standard InChI is InChI=1S/C11H19NO5S/c1-8(6-11(14)15)5-10(13)12-9-3-2-4-18(16,17)7-9/h8-9H,2-7H2,1H3,(H,12,13)(H,14,15). The SMILES string of the molecule is CC(CC(=O)O)CC(=O)NC1CCCS(=O)(=O)C1. The Hall–Kier alpha value is -1.11. The van der Waals surface area contributed by atoms with Crippen LogP contribution in [0.4, 0.5) is 0 Å². The van der Waals surface area contributed by atoms with E-state index in [-0.39, 0.29) is 42.2 Å². The Balaban J connectivity index is 2.38. The fourth-order valence-corrected chi connectivity index (χ4v) is 3.75. The second kappa shape index (κ2) is 6.17. The third kappa shape index (κ3) is 5.48. The Morgan fingerprint density at radius 3 is 2.61 bits per heavy atom.